The van der Waals surface area contributed by atoms with Gasteiger partial charge in [-0.15, -0.1) is 0 Å². The third kappa shape index (κ3) is 6.12. The number of hydrogen-bond acceptors (Lipinski definition) is 4. The van der Waals surface area contributed by atoms with E-state index in [-0.39, 0.29) is 0 Å². The Labute approximate surface area is 151 Å². The van der Waals surface area contributed by atoms with Gasteiger partial charge >= 0.3 is 0 Å². The number of piperazine rings is 1. The van der Waals surface area contributed by atoms with Crippen molar-refractivity contribution in [3.05, 3.63) is 24.3 Å². The molecule has 1 aromatic carbocycles. The van der Waals surface area contributed by atoms with Crippen molar-refractivity contribution in [1.29, 1.82) is 0 Å². The SMILES string of the molecule is CCOCCCCNC(=NC)N1CCN(c2ccc(OC)cc2)CC1. The summed E-state index contributed by atoms with van der Waals surface area (Å²) in [6, 6.07) is 8.29. The number of hydrogen-bond donors (Lipinski definition) is 1. The molecule has 0 saturated carbocycles. The highest BCUT2D eigenvalue weighted by molar-refractivity contribution is 5.80. The average molecular weight is 348 g/mol. The van der Waals surface area contributed by atoms with E-state index in [0.717, 1.165) is 70.5 Å². The zero-order valence-electron chi connectivity index (χ0n) is 15.8. The Morgan fingerprint density at radius 2 is 1.84 bits per heavy atom. The summed E-state index contributed by atoms with van der Waals surface area (Å²) in [6.45, 7) is 8.57. The molecule has 0 unspecified atom stereocenters. The summed E-state index contributed by atoms with van der Waals surface area (Å²) in [7, 11) is 3.56. The molecule has 1 aromatic rings. The van der Waals surface area contributed by atoms with Crippen molar-refractivity contribution in [1.82, 2.24) is 10.2 Å². The van der Waals surface area contributed by atoms with Crippen molar-refractivity contribution >= 4 is 11.6 Å². The molecular formula is C19H32N4O2. The van der Waals surface area contributed by atoms with Crippen molar-refractivity contribution in [3.8, 4) is 5.75 Å². The number of nitrogens with one attached hydrogen (secondary N) is 1. The van der Waals surface area contributed by atoms with Crippen molar-refractivity contribution in [3.63, 3.8) is 0 Å². The topological polar surface area (TPSA) is 49.3 Å². The van der Waals surface area contributed by atoms with Gasteiger partial charge in [-0.05, 0) is 44.0 Å². The predicted molar refractivity (Wildman–Crippen MR) is 104 cm³/mol. The Morgan fingerprint density at radius 1 is 1.12 bits per heavy atom. The van der Waals surface area contributed by atoms with E-state index in [1.165, 1.54) is 5.69 Å². The van der Waals surface area contributed by atoms with Crippen molar-refractivity contribution in [2.45, 2.75) is 19.8 Å². The molecule has 0 radical (unpaired) electrons. The zero-order chi connectivity index (χ0) is 17.9. The van der Waals surface area contributed by atoms with E-state index < -0.39 is 0 Å². The number of aliphatic imine (C=N–C) groups is 1. The first-order valence-electron chi connectivity index (χ1n) is 9.20. The molecule has 6 heteroatoms. The van der Waals surface area contributed by atoms with Gasteiger partial charge in [-0.3, -0.25) is 4.99 Å². The molecule has 25 heavy (non-hydrogen) atoms. The van der Waals surface area contributed by atoms with Gasteiger partial charge in [0, 0.05) is 58.7 Å². The number of guanidine groups is 1. The molecular weight excluding hydrogens is 316 g/mol. The molecule has 0 aliphatic carbocycles. The van der Waals surface area contributed by atoms with Gasteiger partial charge in [-0.25, -0.2) is 0 Å². The second-order valence-electron chi connectivity index (χ2n) is 6.05. The zero-order valence-corrected chi connectivity index (χ0v) is 15.8. The summed E-state index contributed by atoms with van der Waals surface area (Å²) in [5.74, 6) is 1.90. The maximum Gasteiger partial charge on any atom is 0.193 e. The van der Waals surface area contributed by atoms with Crippen LogP contribution in [0.15, 0.2) is 29.3 Å². The molecule has 1 aliphatic rings. The summed E-state index contributed by atoms with van der Waals surface area (Å²) in [5.41, 5.74) is 1.25. The number of methoxy groups -OCH3 is 1. The smallest absolute Gasteiger partial charge is 0.193 e. The van der Waals surface area contributed by atoms with Crippen LogP contribution in [0.5, 0.6) is 5.75 Å². The van der Waals surface area contributed by atoms with Gasteiger partial charge in [-0.1, -0.05) is 0 Å². The average Bonchev–Trinajstić information content (AvgIpc) is 2.68. The number of nitrogens with zero attached hydrogens (tertiary/aromatic N) is 3. The molecule has 0 bridgehead atoms. The van der Waals surface area contributed by atoms with Gasteiger partial charge < -0.3 is 24.6 Å². The molecule has 0 atom stereocenters. The highest BCUT2D eigenvalue weighted by atomic mass is 16.5. The minimum Gasteiger partial charge on any atom is -0.497 e. The van der Waals surface area contributed by atoms with Crippen LogP contribution in [0.4, 0.5) is 5.69 Å². The maximum absolute atomic E-state index is 5.37. The lowest BCUT2D eigenvalue weighted by Crippen LogP contribution is -2.52. The molecule has 0 spiro atoms. The summed E-state index contributed by atoms with van der Waals surface area (Å²) in [5, 5.41) is 3.47. The second kappa shape index (κ2) is 10.8. The van der Waals surface area contributed by atoms with Gasteiger partial charge in [0.15, 0.2) is 5.96 Å². The molecule has 0 aromatic heterocycles. The first-order valence-corrected chi connectivity index (χ1v) is 9.20. The maximum atomic E-state index is 5.37. The van der Waals surface area contributed by atoms with Gasteiger partial charge in [0.25, 0.3) is 0 Å². The third-order valence-electron chi connectivity index (χ3n) is 4.43. The predicted octanol–water partition coefficient (Wildman–Crippen LogP) is 2.21. The molecule has 6 nitrogen and oxygen atoms in total. The van der Waals surface area contributed by atoms with Crippen molar-refractivity contribution in [2.75, 3.05) is 65.0 Å². The molecule has 1 fully saturated rings. The number of ether oxygens (including phenoxy) is 2. The Bertz CT molecular complexity index is 511. The minimum atomic E-state index is 0.799. The van der Waals surface area contributed by atoms with E-state index >= 15 is 0 Å². The summed E-state index contributed by atoms with van der Waals surface area (Å²) >= 11 is 0. The van der Waals surface area contributed by atoms with Gasteiger partial charge in [0.2, 0.25) is 0 Å². The molecule has 2 rings (SSSR count). The van der Waals surface area contributed by atoms with E-state index in [1.54, 1.807) is 7.11 Å². The van der Waals surface area contributed by atoms with Crippen molar-refractivity contribution in [2.24, 2.45) is 4.99 Å². The highest BCUT2D eigenvalue weighted by Gasteiger charge is 2.19. The van der Waals surface area contributed by atoms with Crippen LogP contribution in [-0.4, -0.2) is 71.0 Å². The normalized spacial score (nSPS) is 15.4. The Balaban J connectivity index is 1.73. The number of unbranched alkanes of at least 4 members (excludes halogenated alkanes) is 1. The fourth-order valence-corrected chi connectivity index (χ4v) is 2.98. The standard InChI is InChI=1S/C19H32N4O2/c1-4-25-16-6-5-11-21-19(20-2)23-14-12-22(13-15-23)17-7-9-18(24-3)10-8-17/h7-10H,4-6,11-16H2,1-3H3,(H,20,21). The van der Waals surface area contributed by atoms with Crippen LogP contribution >= 0.6 is 0 Å². The molecule has 1 saturated heterocycles. The third-order valence-corrected chi connectivity index (χ3v) is 4.43. The van der Waals surface area contributed by atoms with Crippen LogP contribution in [0, 0.1) is 0 Å². The fourth-order valence-electron chi connectivity index (χ4n) is 2.98. The fraction of sp³-hybridized carbons (Fsp3) is 0.632. The van der Waals surface area contributed by atoms with Crippen LogP contribution in [0.3, 0.4) is 0 Å². The van der Waals surface area contributed by atoms with Crippen LogP contribution in [0.1, 0.15) is 19.8 Å². The Kier molecular flexibility index (Phi) is 8.39. The van der Waals surface area contributed by atoms with E-state index in [1.807, 2.05) is 26.1 Å². The molecule has 1 N–H and O–H groups in total. The molecule has 140 valence electrons. The Morgan fingerprint density at radius 3 is 2.44 bits per heavy atom. The van der Waals surface area contributed by atoms with E-state index in [4.69, 9.17) is 9.47 Å². The Hall–Kier alpha value is -1.95. The molecule has 0 amide bonds. The second-order valence-corrected chi connectivity index (χ2v) is 6.05. The largest absolute Gasteiger partial charge is 0.497 e. The lowest BCUT2D eigenvalue weighted by Gasteiger charge is -2.37. The van der Waals surface area contributed by atoms with E-state index in [0.29, 0.717) is 0 Å². The van der Waals surface area contributed by atoms with Gasteiger partial charge in [0.1, 0.15) is 5.75 Å². The lowest BCUT2D eigenvalue weighted by atomic mass is 10.2. The monoisotopic (exact) mass is 348 g/mol. The van der Waals surface area contributed by atoms with E-state index in [2.05, 4.69) is 32.2 Å². The minimum absolute atomic E-state index is 0.799. The van der Waals surface area contributed by atoms with Crippen LogP contribution < -0.4 is 15.0 Å². The highest BCUT2D eigenvalue weighted by Crippen LogP contribution is 2.20. The number of rotatable bonds is 8. The van der Waals surface area contributed by atoms with E-state index in [9.17, 15) is 0 Å². The van der Waals surface area contributed by atoms with Crippen LogP contribution in [0.25, 0.3) is 0 Å². The first-order chi connectivity index (χ1) is 12.3. The van der Waals surface area contributed by atoms with Crippen LogP contribution in [-0.2, 0) is 4.74 Å². The van der Waals surface area contributed by atoms with Gasteiger partial charge in [0.05, 0.1) is 7.11 Å². The quantitative estimate of drug-likeness (QED) is 0.443. The molecule has 1 heterocycles. The number of anilines is 1. The summed E-state index contributed by atoms with van der Waals surface area (Å²) in [4.78, 5) is 9.18. The summed E-state index contributed by atoms with van der Waals surface area (Å²) < 4.78 is 10.6. The lowest BCUT2D eigenvalue weighted by molar-refractivity contribution is 0.143. The molecule has 1 aliphatic heterocycles. The van der Waals surface area contributed by atoms with Crippen molar-refractivity contribution < 1.29 is 9.47 Å². The first kappa shape index (κ1) is 19.4. The van der Waals surface area contributed by atoms with Crippen LogP contribution in [0.2, 0.25) is 0 Å². The summed E-state index contributed by atoms with van der Waals surface area (Å²) in [6.07, 6.45) is 2.19. The number of benzene rings is 1. The van der Waals surface area contributed by atoms with Gasteiger partial charge in [-0.2, -0.15) is 0 Å².